The quantitative estimate of drug-likeness (QED) is 0.383. The fourth-order valence-electron chi connectivity index (χ4n) is 4.26. The van der Waals surface area contributed by atoms with Crippen LogP contribution >= 0.6 is 11.3 Å². The van der Waals surface area contributed by atoms with Crippen LogP contribution in [0, 0.1) is 13.8 Å². The van der Waals surface area contributed by atoms with Gasteiger partial charge in [-0.15, -0.1) is 11.3 Å². The third kappa shape index (κ3) is 3.07. The predicted molar refractivity (Wildman–Crippen MR) is 129 cm³/mol. The molecule has 0 atom stereocenters. The van der Waals surface area contributed by atoms with Crippen LogP contribution in [0.4, 0.5) is 11.6 Å². The summed E-state index contributed by atoms with van der Waals surface area (Å²) in [5.41, 5.74) is 3.29. The van der Waals surface area contributed by atoms with Crippen LogP contribution in [0.1, 0.15) is 20.9 Å². The summed E-state index contributed by atoms with van der Waals surface area (Å²) in [5.74, 6) is 2.33. The van der Waals surface area contributed by atoms with Crippen LogP contribution in [0.25, 0.3) is 32.8 Å². The Morgan fingerprint density at radius 1 is 0.970 bits per heavy atom. The first-order valence-corrected chi connectivity index (χ1v) is 11.4. The summed E-state index contributed by atoms with van der Waals surface area (Å²) in [6, 6.07) is 11.4. The Hall–Kier alpha value is -3.85. The number of aryl methyl sites for hydroxylation is 2. The van der Waals surface area contributed by atoms with Gasteiger partial charge in [-0.25, -0.2) is 19.9 Å². The van der Waals surface area contributed by atoms with Crippen molar-refractivity contribution in [3.63, 3.8) is 0 Å². The number of likely N-dealkylation sites (N-methyl/N-ethyl adjacent to an activating group) is 1. The second-order valence-corrected chi connectivity index (χ2v) is 9.08. The third-order valence-corrected chi connectivity index (χ3v) is 7.14. The van der Waals surface area contributed by atoms with Gasteiger partial charge in [0.1, 0.15) is 4.83 Å². The molecule has 164 valence electrons. The lowest BCUT2D eigenvalue weighted by Gasteiger charge is -2.33. The minimum atomic E-state index is -0.0895. The van der Waals surface area contributed by atoms with Crippen molar-refractivity contribution < 1.29 is 9.21 Å². The number of thiophene rings is 1. The van der Waals surface area contributed by atoms with Crippen molar-refractivity contribution in [2.24, 2.45) is 0 Å². The number of amides is 1. The van der Waals surface area contributed by atoms with Crippen LogP contribution in [0.15, 0.2) is 47.1 Å². The lowest BCUT2D eigenvalue weighted by Crippen LogP contribution is -2.43. The molecule has 0 fully saturated rings. The number of furan rings is 1. The first-order valence-electron chi connectivity index (χ1n) is 10.6. The van der Waals surface area contributed by atoms with Crippen LogP contribution in [0.5, 0.6) is 0 Å². The molecule has 1 aliphatic heterocycles. The zero-order valence-corrected chi connectivity index (χ0v) is 19.2. The number of nitrogens with zero attached hydrogens (tertiary/aromatic N) is 6. The second-order valence-electron chi connectivity index (χ2n) is 8.08. The van der Waals surface area contributed by atoms with Gasteiger partial charge in [0, 0.05) is 25.5 Å². The van der Waals surface area contributed by atoms with E-state index in [1.807, 2.05) is 62.2 Å². The zero-order chi connectivity index (χ0) is 22.7. The molecule has 5 aromatic rings. The monoisotopic (exact) mass is 456 g/mol. The van der Waals surface area contributed by atoms with Crippen LogP contribution in [0.2, 0.25) is 0 Å². The zero-order valence-electron chi connectivity index (χ0n) is 18.4. The molecular formula is C24H20N6O2S. The smallest absolute Gasteiger partial charge is 0.270 e. The van der Waals surface area contributed by atoms with E-state index in [0.717, 1.165) is 32.5 Å². The molecule has 33 heavy (non-hydrogen) atoms. The Kier molecular flexibility index (Phi) is 4.41. The van der Waals surface area contributed by atoms with Gasteiger partial charge in [0.05, 0.1) is 27.9 Å². The minimum Gasteiger partial charge on any atom is -0.461 e. The normalized spacial score (nSPS) is 13.7. The number of rotatable bonds is 2. The van der Waals surface area contributed by atoms with Gasteiger partial charge in [-0.2, -0.15) is 0 Å². The molecule has 5 heterocycles. The first-order chi connectivity index (χ1) is 16.0. The van der Waals surface area contributed by atoms with E-state index in [0.29, 0.717) is 41.2 Å². The van der Waals surface area contributed by atoms with E-state index in [9.17, 15) is 4.79 Å². The van der Waals surface area contributed by atoms with E-state index in [4.69, 9.17) is 19.4 Å². The van der Waals surface area contributed by atoms with Gasteiger partial charge in [-0.1, -0.05) is 12.1 Å². The number of anilines is 2. The molecule has 9 heteroatoms. The van der Waals surface area contributed by atoms with Gasteiger partial charge in [0.15, 0.2) is 23.2 Å². The molecule has 1 aromatic carbocycles. The van der Waals surface area contributed by atoms with Crippen LogP contribution in [-0.2, 0) is 0 Å². The van der Waals surface area contributed by atoms with E-state index in [1.54, 1.807) is 11.2 Å². The van der Waals surface area contributed by atoms with Gasteiger partial charge in [-0.05, 0) is 43.7 Å². The Balaban J connectivity index is 1.47. The number of carbonyl (C=O) groups is 1. The third-order valence-electron chi connectivity index (χ3n) is 5.96. The standard InChI is InChI=1S/C24H20N6O2S/c1-13-18-14(2)25-20(17-9-6-12-32-17)28-23(18)33-19(13)24(31)30-11-10-29(3)21-22(30)27-16-8-5-4-7-15(16)26-21/h4-9,12H,10-11H2,1-3H3. The molecule has 6 rings (SSSR count). The summed E-state index contributed by atoms with van der Waals surface area (Å²) < 4.78 is 5.47. The van der Waals surface area contributed by atoms with E-state index in [1.165, 1.54) is 11.3 Å². The largest absolute Gasteiger partial charge is 0.461 e. The maximum Gasteiger partial charge on any atom is 0.270 e. The maximum absolute atomic E-state index is 13.8. The average molecular weight is 457 g/mol. The summed E-state index contributed by atoms with van der Waals surface area (Å²) in [6.45, 7) is 5.10. The van der Waals surface area contributed by atoms with Gasteiger partial charge in [-0.3, -0.25) is 9.69 Å². The second kappa shape index (κ2) is 7.35. The minimum absolute atomic E-state index is 0.0895. The van der Waals surface area contributed by atoms with Crippen LogP contribution in [-0.4, -0.2) is 46.0 Å². The molecule has 0 saturated carbocycles. The maximum atomic E-state index is 13.8. The van der Waals surface area contributed by atoms with Crippen molar-refractivity contribution in [2.45, 2.75) is 13.8 Å². The Labute approximate surface area is 193 Å². The first kappa shape index (κ1) is 19.8. The molecule has 0 spiro atoms. The summed E-state index contributed by atoms with van der Waals surface area (Å²) in [5, 5.41) is 0.914. The van der Waals surface area contributed by atoms with E-state index in [2.05, 4.69) is 4.98 Å². The lowest BCUT2D eigenvalue weighted by atomic mass is 10.1. The number of hydrogen-bond acceptors (Lipinski definition) is 8. The van der Waals surface area contributed by atoms with Gasteiger partial charge < -0.3 is 9.32 Å². The molecule has 0 aliphatic carbocycles. The number of aromatic nitrogens is 4. The predicted octanol–water partition coefficient (Wildman–Crippen LogP) is 4.61. The molecule has 8 nitrogen and oxygen atoms in total. The highest BCUT2D eigenvalue weighted by molar-refractivity contribution is 7.20. The van der Waals surface area contributed by atoms with Crippen molar-refractivity contribution in [3.8, 4) is 11.6 Å². The van der Waals surface area contributed by atoms with Gasteiger partial charge in [0.25, 0.3) is 5.91 Å². The molecule has 0 saturated heterocycles. The lowest BCUT2D eigenvalue weighted by molar-refractivity contribution is 0.0989. The van der Waals surface area contributed by atoms with Gasteiger partial charge in [0.2, 0.25) is 0 Å². The molecule has 4 aromatic heterocycles. The molecule has 0 unspecified atom stereocenters. The number of benzene rings is 1. The van der Waals surface area contributed by atoms with Crippen molar-refractivity contribution in [1.82, 2.24) is 19.9 Å². The SMILES string of the molecule is Cc1nc(-c2ccco2)nc2sc(C(=O)N3CCN(C)c4nc5ccccc5nc43)c(C)c12. The van der Waals surface area contributed by atoms with E-state index >= 15 is 0 Å². The molecule has 1 amide bonds. The number of carbonyl (C=O) groups excluding carboxylic acids is 1. The Morgan fingerprint density at radius 3 is 2.45 bits per heavy atom. The average Bonchev–Trinajstić information content (AvgIpc) is 3.46. The highest BCUT2D eigenvalue weighted by atomic mass is 32.1. The fourth-order valence-corrected chi connectivity index (χ4v) is 5.44. The molecular weight excluding hydrogens is 436 g/mol. The van der Waals surface area contributed by atoms with Crippen molar-refractivity contribution in [3.05, 3.63) is 58.8 Å². The van der Waals surface area contributed by atoms with Crippen LogP contribution < -0.4 is 9.80 Å². The van der Waals surface area contributed by atoms with Crippen molar-refractivity contribution in [2.75, 3.05) is 29.9 Å². The summed E-state index contributed by atoms with van der Waals surface area (Å²) in [4.78, 5) is 37.9. The Morgan fingerprint density at radius 2 is 1.73 bits per heavy atom. The van der Waals surface area contributed by atoms with E-state index in [-0.39, 0.29) is 5.91 Å². The highest BCUT2D eigenvalue weighted by Gasteiger charge is 2.32. The summed E-state index contributed by atoms with van der Waals surface area (Å²) >= 11 is 1.38. The van der Waals surface area contributed by atoms with Crippen molar-refractivity contribution >= 4 is 50.1 Å². The number of para-hydroxylation sites is 2. The molecule has 1 aliphatic rings. The highest BCUT2D eigenvalue weighted by Crippen LogP contribution is 2.37. The topological polar surface area (TPSA) is 88.3 Å². The number of hydrogen-bond donors (Lipinski definition) is 0. The van der Waals surface area contributed by atoms with Gasteiger partial charge >= 0.3 is 0 Å². The van der Waals surface area contributed by atoms with Crippen molar-refractivity contribution in [1.29, 1.82) is 0 Å². The fraction of sp³-hybridized carbons (Fsp3) is 0.208. The molecule has 0 bridgehead atoms. The number of fused-ring (bicyclic) bond motifs is 3. The Bertz CT molecular complexity index is 1540. The summed E-state index contributed by atoms with van der Waals surface area (Å²) in [6.07, 6.45) is 1.60. The van der Waals surface area contributed by atoms with E-state index < -0.39 is 0 Å². The molecule has 0 N–H and O–H groups in total. The summed E-state index contributed by atoms with van der Waals surface area (Å²) in [7, 11) is 1.98. The van der Waals surface area contributed by atoms with Crippen LogP contribution in [0.3, 0.4) is 0 Å². The molecule has 0 radical (unpaired) electrons.